The van der Waals surface area contributed by atoms with Crippen molar-refractivity contribution < 1.29 is 14.3 Å². The van der Waals surface area contributed by atoms with Gasteiger partial charge in [0.25, 0.3) is 5.91 Å². The largest absolute Gasteiger partial charge is 0.466 e. The van der Waals surface area contributed by atoms with Crippen molar-refractivity contribution in [3.63, 3.8) is 0 Å². The number of carbonyl (C=O) groups excluding carboxylic acids is 2. The normalized spacial score (nSPS) is 10.8. The SMILES string of the molecule is CCOC(=O)Cc1csc(NC(=O)c2cc(-c3ccncc3)nc3ccc(Cl)cc23)n1. The van der Waals surface area contributed by atoms with Crippen molar-refractivity contribution in [3.8, 4) is 11.3 Å². The maximum Gasteiger partial charge on any atom is 0.311 e. The number of aromatic nitrogens is 3. The quantitative estimate of drug-likeness (QED) is 0.424. The minimum Gasteiger partial charge on any atom is -0.466 e. The van der Waals surface area contributed by atoms with Crippen LogP contribution in [0.25, 0.3) is 22.2 Å². The van der Waals surface area contributed by atoms with Crippen molar-refractivity contribution in [1.82, 2.24) is 15.0 Å². The van der Waals surface area contributed by atoms with Crippen LogP contribution in [0.3, 0.4) is 0 Å². The number of esters is 1. The summed E-state index contributed by atoms with van der Waals surface area (Å²) in [5.74, 6) is -0.704. The molecule has 7 nitrogen and oxygen atoms in total. The molecule has 156 valence electrons. The minimum atomic E-state index is -0.359. The second-order valence-electron chi connectivity index (χ2n) is 6.53. The first kappa shape index (κ1) is 20.9. The van der Waals surface area contributed by atoms with Gasteiger partial charge in [-0.2, -0.15) is 0 Å². The Morgan fingerprint density at radius 1 is 1.13 bits per heavy atom. The fourth-order valence-electron chi connectivity index (χ4n) is 3.03. The second-order valence-corrected chi connectivity index (χ2v) is 7.83. The average molecular weight is 453 g/mol. The highest BCUT2D eigenvalue weighted by Gasteiger charge is 2.17. The van der Waals surface area contributed by atoms with Crippen molar-refractivity contribution in [2.24, 2.45) is 0 Å². The Kier molecular flexibility index (Phi) is 6.20. The Morgan fingerprint density at radius 3 is 2.71 bits per heavy atom. The smallest absolute Gasteiger partial charge is 0.311 e. The molecule has 0 saturated heterocycles. The number of benzene rings is 1. The lowest BCUT2D eigenvalue weighted by atomic mass is 10.0. The first-order chi connectivity index (χ1) is 15.0. The van der Waals surface area contributed by atoms with Crippen LogP contribution in [0, 0.1) is 0 Å². The Bertz CT molecular complexity index is 1260. The molecule has 3 aromatic heterocycles. The molecular weight excluding hydrogens is 436 g/mol. The van der Waals surface area contributed by atoms with Crippen LogP contribution in [0.2, 0.25) is 5.02 Å². The molecule has 0 aliphatic heterocycles. The van der Waals surface area contributed by atoms with Gasteiger partial charge in [0, 0.05) is 33.7 Å². The number of ether oxygens (including phenoxy) is 1. The zero-order valence-corrected chi connectivity index (χ0v) is 18.0. The van der Waals surface area contributed by atoms with Gasteiger partial charge in [-0.05, 0) is 43.3 Å². The Labute approximate surface area is 187 Å². The third-order valence-corrected chi connectivity index (χ3v) is 5.44. The van der Waals surface area contributed by atoms with Gasteiger partial charge in [-0.1, -0.05) is 11.6 Å². The van der Waals surface area contributed by atoms with Crippen LogP contribution in [0.1, 0.15) is 23.0 Å². The molecule has 0 fully saturated rings. The van der Waals surface area contributed by atoms with Crippen molar-refractivity contribution in [2.75, 3.05) is 11.9 Å². The number of nitrogens with one attached hydrogen (secondary N) is 1. The number of thiazole rings is 1. The fourth-order valence-corrected chi connectivity index (χ4v) is 3.90. The van der Waals surface area contributed by atoms with Crippen molar-refractivity contribution in [1.29, 1.82) is 0 Å². The van der Waals surface area contributed by atoms with Gasteiger partial charge in [-0.15, -0.1) is 11.3 Å². The van der Waals surface area contributed by atoms with Crippen molar-refractivity contribution in [3.05, 3.63) is 70.5 Å². The zero-order chi connectivity index (χ0) is 21.8. The van der Waals surface area contributed by atoms with Gasteiger partial charge in [0.15, 0.2) is 5.13 Å². The molecule has 9 heteroatoms. The molecule has 0 aliphatic rings. The number of fused-ring (bicyclic) bond motifs is 1. The number of halogens is 1. The summed E-state index contributed by atoms with van der Waals surface area (Å²) < 4.78 is 4.93. The summed E-state index contributed by atoms with van der Waals surface area (Å²) in [4.78, 5) is 37.8. The topological polar surface area (TPSA) is 94.1 Å². The van der Waals surface area contributed by atoms with Crippen LogP contribution in [-0.4, -0.2) is 33.4 Å². The molecule has 0 atom stereocenters. The number of amides is 1. The van der Waals surface area contributed by atoms with E-state index in [1.54, 1.807) is 49.0 Å². The highest BCUT2D eigenvalue weighted by molar-refractivity contribution is 7.14. The number of hydrogen-bond donors (Lipinski definition) is 1. The number of carbonyl (C=O) groups is 2. The van der Waals surface area contributed by atoms with E-state index in [2.05, 4.69) is 20.3 Å². The zero-order valence-electron chi connectivity index (χ0n) is 16.5. The first-order valence-corrected chi connectivity index (χ1v) is 10.7. The van der Waals surface area contributed by atoms with Gasteiger partial charge in [0.1, 0.15) is 0 Å². The van der Waals surface area contributed by atoms with Crippen LogP contribution in [-0.2, 0) is 16.0 Å². The average Bonchev–Trinajstić information content (AvgIpc) is 3.20. The van der Waals surface area contributed by atoms with Crippen molar-refractivity contribution in [2.45, 2.75) is 13.3 Å². The second kappa shape index (κ2) is 9.20. The number of pyridine rings is 2. The number of nitrogens with zero attached hydrogens (tertiary/aromatic N) is 3. The highest BCUT2D eigenvalue weighted by Crippen LogP contribution is 2.28. The Morgan fingerprint density at radius 2 is 1.94 bits per heavy atom. The van der Waals surface area contributed by atoms with Gasteiger partial charge >= 0.3 is 5.97 Å². The van der Waals surface area contributed by atoms with Crippen LogP contribution < -0.4 is 5.32 Å². The molecule has 31 heavy (non-hydrogen) atoms. The van der Waals surface area contributed by atoms with Gasteiger partial charge in [0.05, 0.1) is 35.5 Å². The summed E-state index contributed by atoms with van der Waals surface area (Å²) in [6.45, 7) is 2.06. The molecule has 0 aliphatic carbocycles. The predicted molar refractivity (Wildman–Crippen MR) is 120 cm³/mol. The van der Waals surface area contributed by atoms with E-state index >= 15 is 0 Å². The molecular formula is C22H17ClN4O3S. The van der Waals surface area contributed by atoms with E-state index in [1.165, 1.54) is 11.3 Å². The highest BCUT2D eigenvalue weighted by atomic mass is 35.5. The lowest BCUT2D eigenvalue weighted by Gasteiger charge is -2.10. The maximum absolute atomic E-state index is 13.1. The lowest BCUT2D eigenvalue weighted by Crippen LogP contribution is -2.13. The number of anilines is 1. The van der Waals surface area contributed by atoms with Crippen LogP contribution >= 0.6 is 22.9 Å². The first-order valence-electron chi connectivity index (χ1n) is 9.45. The summed E-state index contributed by atoms with van der Waals surface area (Å²) in [5.41, 5.74) is 3.09. The van der Waals surface area contributed by atoms with Gasteiger partial charge in [-0.25, -0.2) is 9.97 Å². The Balaban J connectivity index is 1.66. The third-order valence-electron chi connectivity index (χ3n) is 4.39. The molecule has 1 amide bonds. The lowest BCUT2D eigenvalue weighted by molar-refractivity contribution is -0.142. The molecule has 0 bridgehead atoms. The molecule has 4 aromatic rings. The van der Waals surface area contributed by atoms with E-state index in [4.69, 9.17) is 16.3 Å². The molecule has 0 radical (unpaired) electrons. The monoisotopic (exact) mass is 452 g/mol. The summed E-state index contributed by atoms with van der Waals surface area (Å²) in [5, 5.41) is 6.05. The van der Waals surface area contributed by atoms with E-state index in [-0.39, 0.29) is 18.3 Å². The van der Waals surface area contributed by atoms with E-state index in [0.29, 0.717) is 44.6 Å². The van der Waals surface area contributed by atoms with Gasteiger partial charge in [0.2, 0.25) is 0 Å². The number of hydrogen-bond acceptors (Lipinski definition) is 7. The number of rotatable bonds is 6. The van der Waals surface area contributed by atoms with E-state index in [1.807, 2.05) is 12.1 Å². The summed E-state index contributed by atoms with van der Waals surface area (Å²) >= 11 is 7.41. The standard InChI is InChI=1S/C22H17ClN4O3S/c1-2-30-20(28)10-15-12-31-22(25-15)27-21(29)17-11-19(13-5-7-24-8-6-13)26-18-4-3-14(23)9-16(17)18/h3-9,11-12H,2,10H2,1H3,(H,25,27,29). The third kappa shape index (κ3) is 4.87. The van der Waals surface area contributed by atoms with E-state index in [9.17, 15) is 9.59 Å². The maximum atomic E-state index is 13.1. The van der Waals surface area contributed by atoms with E-state index < -0.39 is 0 Å². The minimum absolute atomic E-state index is 0.0558. The van der Waals surface area contributed by atoms with Gasteiger partial charge < -0.3 is 4.74 Å². The van der Waals surface area contributed by atoms with Crippen LogP contribution in [0.15, 0.2) is 54.2 Å². The molecule has 0 unspecified atom stereocenters. The molecule has 0 saturated carbocycles. The predicted octanol–water partition coefficient (Wildman–Crippen LogP) is 4.76. The van der Waals surface area contributed by atoms with E-state index in [0.717, 1.165) is 5.56 Å². The molecule has 4 rings (SSSR count). The van der Waals surface area contributed by atoms with Crippen LogP contribution in [0.4, 0.5) is 5.13 Å². The Hall–Kier alpha value is -3.36. The fraction of sp³-hybridized carbons (Fsp3) is 0.136. The molecule has 1 aromatic carbocycles. The summed E-state index contributed by atoms with van der Waals surface area (Å²) in [6.07, 6.45) is 3.40. The molecule has 3 heterocycles. The van der Waals surface area contributed by atoms with Gasteiger partial charge in [-0.3, -0.25) is 19.9 Å². The summed E-state index contributed by atoms with van der Waals surface area (Å²) in [7, 11) is 0. The molecule has 1 N–H and O–H groups in total. The van der Waals surface area contributed by atoms with Crippen LogP contribution in [0.5, 0.6) is 0 Å². The molecule has 0 spiro atoms. The summed E-state index contributed by atoms with van der Waals surface area (Å²) in [6, 6.07) is 10.6. The van der Waals surface area contributed by atoms with Crippen molar-refractivity contribution >= 4 is 50.8 Å².